The fraction of sp³-hybridized carbons (Fsp3) is 0.462. The number of rotatable bonds is 7. The molecule has 2 N–H and O–H groups in total. The van der Waals surface area contributed by atoms with Gasteiger partial charge in [-0.3, -0.25) is 4.79 Å². The number of hydrogen-bond donors (Lipinski definition) is 2. The van der Waals surface area contributed by atoms with E-state index in [0.717, 1.165) is 25.3 Å². The molecule has 1 rings (SSSR count). The Hall–Kier alpha value is -1.10. The van der Waals surface area contributed by atoms with Crippen molar-refractivity contribution >= 4 is 23.2 Å². The zero-order chi connectivity index (χ0) is 13.4. The number of likely N-dealkylation sites (N-methyl/N-ethyl adjacent to an activating group) is 1. The highest BCUT2D eigenvalue weighted by Gasteiger charge is 2.01. The van der Waals surface area contributed by atoms with Crippen molar-refractivity contribution in [3.8, 4) is 0 Å². The lowest BCUT2D eigenvalue weighted by molar-refractivity contribution is -0.115. The van der Waals surface area contributed by atoms with E-state index in [4.69, 9.17) is 11.6 Å². The second-order valence-corrected chi connectivity index (χ2v) is 4.56. The molecule has 4 nitrogen and oxygen atoms in total. The molecule has 0 radical (unpaired) electrons. The molecule has 0 atom stereocenters. The van der Waals surface area contributed by atoms with Crippen LogP contribution < -0.4 is 10.6 Å². The molecule has 0 aliphatic carbocycles. The zero-order valence-electron chi connectivity index (χ0n) is 10.9. The van der Waals surface area contributed by atoms with E-state index in [1.807, 2.05) is 0 Å². The molecule has 18 heavy (non-hydrogen) atoms. The van der Waals surface area contributed by atoms with Gasteiger partial charge in [-0.1, -0.05) is 18.5 Å². The lowest BCUT2D eigenvalue weighted by Gasteiger charge is -2.13. The number of carbonyl (C=O) groups excluding carboxylic acids is 1. The van der Waals surface area contributed by atoms with Crippen LogP contribution in [-0.2, 0) is 4.79 Å². The number of nitrogens with zero attached hydrogens (tertiary/aromatic N) is 1. The van der Waals surface area contributed by atoms with Gasteiger partial charge >= 0.3 is 0 Å². The summed E-state index contributed by atoms with van der Waals surface area (Å²) in [5.74, 6) is -0.0449. The van der Waals surface area contributed by atoms with Gasteiger partial charge in [0.25, 0.3) is 0 Å². The predicted octanol–water partition coefficient (Wildman–Crippen LogP) is 1.82. The number of amides is 1. The van der Waals surface area contributed by atoms with E-state index in [9.17, 15) is 4.79 Å². The highest BCUT2D eigenvalue weighted by atomic mass is 35.5. The van der Waals surface area contributed by atoms with Crippen LogP contribution in [0, 0.1) is 0 Å². The van der Waals surface area contributed by atoms with Gasteiger partial charge in [0.2, 0.25) is 5.91 Å². The maximum absolute atomic E-state index is 11.6. The Morgan fingerprint density at radius 3 is 2.61 bits per heavy atom. The van der Waals surface area contributed by atoms with E-state index >= 15 is 0 Å². The molecule has 1 aromatic carbocycles. The standard InChI is InChI=1S/C13H20ClN3O/c1-3-17(2)9-8-15-10-13(18)16-12-6-4-11(14)5-7-12/h4-7,15H,3,8-10H2,1-2H3,(H,16,18). The number of hydrogen-bond acceptors (Lipinski definition) is 3. The van der Waals surface area contributed by atoms with Crippen LogP contribution in [0.2, 0.25) is 5.02 Å². The Morgan fingerprint density at radius 2 is 2.00 bits per heavy atom. The van der Waals surface area contributed by atoms with E-state index in [2.05, 4.69) is 29.5 Å². The first-order chi connectivity index (χ1) is 8.61. The molecular weight excluding hydrogens is 250 g/mol. The van der Waals surface area contributed by atoms with Crippen molar-refractivity contribution in [2.75, 3.05) is 38.5 Å². The summed E-state index contributed by atoms with van der Waals surface area (Å²) in [7, 11) is 2.05. The van der Waals surface area contributed by atoms with E-state index in [1.54, 1.807) is 24.3 Å². The first kappa shape index (κ1) is 15.0. The third kappa shape index (κ3) is 6.00. The molecule has 0 saturated carbocycles. The molecule has 0 spiro atoms. The van der Waals surface area contributed by atoms with E-state index in [1.165, 1.54) is 0 Å². The first-order valence-corrected chi connectivity index (χ1v) is 6.44. The maximum atomic E-state index is 11.6. The van der Waals surface area contributed by atoms with Crippen molar-refractivity contribution < 1.29 is 4.79 Å². The molecule has 0 aliphatic rings. The summed E-state index contributed by atoms with van der Waals surface area (Å²) in [5.41, 5.74) is 0.761. The van der Waals surface area contributed by atoms with Gasteiger partial charge in [-0.2, -0.15) is 0 Å². The number of benzene rings is 1. The quantitative estimate of drug-likeness (QED) is 0.742. The Balaban J connectivity index is 2.19. The third-order valence-corrected chi connectivity index (χ3v) is 2.88. The third-order valence-electron chi connectivity index (χ3n) is 2.62. The van der Waals surface area contributed by atoms with Gasteiger partial charge < -0.3 is 15.5 Å². The summed E-state index contributed by atoms with van der Waals surface area (Å²) in [5, 5.41) is 6.56. The van der Waals surface area contributed by atoms with E-state index in [0.29, 0.717) is 11.6 Å². The molecule has 1 amide bonds. The average Bonchev–Trinajstić information content (AvgIpc) is 2.37. The highest BCUT2D eigenvalue weighted by Crippen LogP contribution is 2.12. The SMILES string of the molecule is CCN(C)CCNCC(=O)Nc1ccc(Cl)cc1. The molecule has 1 aromatic rings. The normalized spacial score (nSPS) is 10.7. The van der Waals surface area contributed by atoms with Crippen molar-refractivity contribution in [1.29, 1.82) is 0 Å². The molecule has 0 aliphatic heterocycles. The van der Waals surface area contributed by atoms with Crippen molar-refractivity contribution in [1.82, 2.24) is 10.2 Å². The van der Waals surface area contributed by atoms with Crippen LogP contribution in [0.5, 0.6) is 0 Å². The number of nitrogens with one attached hydrogen (secondary N) is 2. The average molecular weight is 270 g/mol. The molecular formula is C13H20ClN3O. The Morgan fingerprint density at radius 1 is 1.33 bits per heavy atom. The van der Waals surface area contributed by atoms with Crippen molar-refractivity contribution in [2.45, 2.75) is 6.92 Å². The van der Waals surface area contributed by atoms with Crippen LogP contribution in [0.3, 0.4) is 0 Å². The van der Waals surface area contributed by atoms with Gasteiger partial charge in [-0.15, -0.1) is 0 Å². The second-order valence-electron chi connectivity index (χ2n) is 4.13. The molecule has 0 bridgehead atoms. The predicted molar refractivity (Wildman–Crippen MR) is 76.1 cm³/mol. The minimum Gasteiger partial charge on any atom is -0.325 e. The molecule has 0 unspecified atom stereocenters. The van der Waals surface area contributed by atoms with Gasteiger partial charge in [0, 0.05) is 23.8 Å². The zero-order valence-corrected chi connectivity index (χ0v) is 11.6. The minimum absolute atomic E-state index is 0.0449. The lowest BCUT2D eigenvalue weighted by atomic mass is 10.3. The molecule has 5 heteroatoms. The Kier molecular flexibility index (Phi) is 6.72. The summed E-state index contributed by atoms with van der Waals surface area (Å²) in [6.07, 6.45) is 0. The van der Waals surface area contributed by atoms with E-state index < -0.39 is 0 Å². The highest BCUT2D eigenvalue weighted by molar-refractivity contribution is 6.30. The second kappa shape index (κ2) is 8.08. The fourth-order valence-corrected chi connectivity index (χ4v) is 1.49. The summed E-state index contributed by atoms with van der Waals surface area (Å²) >= 11 is 5.76. The topological polar surface area (TPSA) is 44.4 Å². The van der Waals surface area contributed by atoms with Crippen LogP contribution in [0.25, 0.3) is 0 Å². The fourth-order valence-electron chi connectivity index (χ4n) is 1.37. The van der Waals surface area contributed by atoms with Crippen LogP contribution in [0.4, 0.5) is 5.69 Å². The van der Waals surface area contributed by atoms with Gasteiger partial charge in [0.1, 0.15) is 0 Å². The summed E-state index contributed by atoms with van der Waals surface area (Å²) in [6, 6.07) is 7.07. The molecule has 0 aromatic heterocycles. The van der Waals surface area contributed by atoms with Gasteiger partial charge in [-0.05, 0) is 37.9 Å². The van der Waals surface area contributed by atoms with Crippen molar-refractivity contribution in [3.63, 3.8) is 0 Å². The Labute approximate surface area is 113 Å². The molecule has 0 heterocycles. The van der Waals surface area contributed by atoms with E-state index in [-0.39, 0.29) is 5.91 Å². The smallest absolute Gasteiger partial charge is 0.238 e. The number of carbonyl (C=O) groups is 1. The molecule has 0 fully saturated rings. The van der Waals surface area contributed by atoms with Gasteiger partial charge in [-0.25, -0.2) is 0 Å². The molecule has 100 valence electrons. The van der Waals surface area contributed by atoms with Gasteiger partial charge in [0.15, 0.2) is 0 Å². The van der Waals surface area contributed by atoms with Crippen LogP contribution in [0.1, 0.15) is 6.92 Å². The first-order valence-electron chi connectivity index (χ1n) is 6.06. The van der Waals surface area contributed by atoms with Crippen LogP contribution in [-0.4, -0.2) is 44.0 Å². The summed E-state index contributed by atoms with van der Waals surface area (Å²) in [4.78, 5) is 13.8. The van der Waals surface area contributed by atoms with Crippen molar-refractivity contribution in [2.24, 2.45) is 0 Å². The minimum atomic E-state index is -0.0449. The van der Waals surface area contributed by atoms with Crippen LogP contribution in [0.15, 0.2) is 24.3 Å². The largest absolute Gasteiger partial charge is 0.325 e. The van der Waals surface area contributed by atoms with Crippen molar-refractivity contribution in [3.05, 3.63) is 29.3 Å². The molecule has 0 saturated heterocycles. The number of halogens is 1. The Bertz CT molecular complexity index is 367. The maximum Gasteiger partial charge on any atom is 0.238 e. The number of anilines is 1. The monoisotopic (exact) mass is 269 g/mol. The van der Waals surface area contributed by atoms with Crippen LogP contribution >= 0.6 is 11.6 Å². The summed E-state index contributed by atoms with van der Waals surface area (Å²) < 4.78 is 0. The van der Waals surface area contributed by atoms with Gasteiger partial charge in [0.05, 0.1) is 6.54 Å². The summed E-state index contributed by atoms with van der Waals surface area (Å²) in [6.45, 7) is 5.18. The lowest BCUT2D eigenvalue weighted by Crippen LogP contribution is -2.34.